The van der Waals surface area contributed by atoms with Gasteiger partial charge in [0.1, 0.15) is 0 Å². The minimum atomic E-state index is -0.298. The van der Waals surface area contributed by atoms with Crippen molar-refractivity contribution in [3.63, 3.8) is 0 Å². The van der Waals surface area contributed by atoms with Gasteiger partial charge in [-0.1, -0.05) is 214 Å². The van der Waals surface area contributed by atoms with Crippen molar-refractivity contribution in [3.8, 4) is 62.1 Å². The lowest BCUT2D eigenvalue weighted by Gasteiger charge is -2.24. The Bertz CT molecular complexity index is 3710. The number of para-hydroxylation sites is 1. The van der Waals surface area contributed by atoms with Crippen molar-refractivity contribution in [3.05, 3.63) is 217 Å². The molecule has 300 valence electrons. The van der Waals surface area contributed by atoms with Gasteiger partial charge in [0.05, 0.1) is 11.0 Å². The van der Waals surface area contributed by atoms with Crippen molar-refractivity contribution in [1.82, 2.24) is 19.5 Å². The fourth-order valence-electron chi connectivity index (χ4n) is 10.7. The molecule has 0 N–H and O–H groups in total. The monoisotopic (exact) mass is 816 g/mol. The molecule has 0 saturated heterocycles. The molecule has 0 saturated carbocycles. The fraction of sp³-hybridized carbons (Fsp3) is 0.0500. The molecule has 4 heteroatoms. The summed E-state index contributed by atoms with van der Waals surface area (Å²) in [5.74, 6) is 1.83. The Morgan fingerprint density at radius 2 is 0.828 bits per heavy atom. The van der Waals surface area contributed by atoms with Crippen LogP contribution in [0.15, 0.2) is 206 Å². The molecule has 13 rings (SSSR count). The SMILES string of the molecule is CC1(C)c2ccccc2-c2c1c1c(c3ccccc23)c2ccccc2n1-c1nc(-c2ccc(-c3cccc4ccccc34)cc2)nc(-c2ccc(-c3cccc4ccccc34)cc2)n1. The van der Waals surface area contributed by atoms with E-state index in [0.717, 1.165) is 33.3 Å². The van der Waals surface area contributed by atoms with Crippen LogP contribution in [0.3, 0.4) is 0 Å². The molecule has 12 aromatic rings. The molecule has 2 heterocycles. The van der Waals surface area contributed by atoms with Crippen molar-refractivity contribution in [2.75, 3.05) is 0 Å². The first kappa shape index (κ1) is 36.4. The second-order valence-corrected chi connectivity index (χ2v) is 17.5. The molecular formula is C60H40N4. The lowest BCUT2D eigenvalue weighted by atomic mass is 9.80. The quantitative estimate of drug-likeness (QED) is 0.174. The van der Waals surface area contributed by atoms with Crippen LogP contribution in [0.5, 0.6) is 0 Å². The molecule has 0 amide bonds. The van der Waals surface area contributed by atoms with E-state index in [2.05, 4.69) is 225 Å². The molecule has 0 aliphatic heterocycles. The van der Waals surface area contributed by atoms with E-state index < -0.39 is 0 Å². The zero-order chi connectivity index (χ0) is 42.5. The van der Waals surface area contributed by atoms with Crippen molar-refractivity contribution in [2.45, 2.75) is 19.3 Å². The van der Waals surface area contributed by atoms with Gasteiger partial charge in [-0.25, -0.2) is 4.98 Å². The second-order valence-electron chi connectivity index (χ2n) is 17.5. The first-order valence-corrected chi connectivity index (χ1v) is 22.0. The minimum Gasteiger partial charge on any atom is -0.277 e. The molecule has 2 aromatic heterocycles. The third kappa shape index (κ3) is 5.39. The van der Waals surface area contributed by atoms with Crippen molar-refractivity contribution >= 4 is 54.1 Å². The summed E-state index contributed by atoms with van der Waals surface area (Å²) in [4.78, 5) is 16.2. The number of fused-ring (bicyclic) bond motifs is 12. The predicted octanol–water partition coefficient (Wildman–Crippen LogP) is 15.4. The van der Waals surface area contributed by atoms with Gasteiger partial charge in [-0.2, -0.15) is 9.97 Å². The van der Waals surface area contributed by atoms with Crippen LogP contribution in [0, 0.1) is 0 Å². The van der Waals surface area contributed by atoms with E-state index in [9.17, 15) is 0 Å². The van der Waals surface area contributed by atoms with Crippen molar-refractivity contribution in [1.29, 1.82) is 0 Å². The zero-order valence-electron chi connectivity index (χ0n) is 35.4. The molecule has 0 fully saturated rings. The minimum absolute atomic E-state index is 0.298. The zero-order valence-corrected chi connectivity index (χ0v) is 35.4. The number of rotatable bonds is 5. The highest BCUT2D eigenvalue weighted by Crippen LogP contribution is 2.56. The molecular weight excluding hydrogens is 777 g/mol. The molecule has 0 unspecified atom stereocenters. The normalized spacial score (nSPS) is 13.0. The second kappa shape index (κ2) is 13.9. The maximum atomic E-state index is 5.47. The summed E-state index contributed by atoms with van der Waals surface area (Å²) in [5, 5.41) is 9.77. The number of aromatic nitrogens is 4. The average Bonchev–Trinajstić information content (AvgIpc) is 3.82. The van der Waals surface area contributed by atoms with Crippen LogP contribution in [-0.4, -0.2) is 19.5 Å². The van der Waals surface area contributed by atoms with Gasteiger partial charge in [-0.15, -0.1) is 0 Å². The van der Waals surface area contributed by atoms with Gasteiger partial charge >= 0.3 is 0 Å². The summed E-state index contributed by atoms with van der Waals surface area (Å²) in [5.41, 5.74) is 13.6. The first-order valence-electron chi connectivity index (χ1n) is 22.0. The van der Waals surface area contributed by atoms with E-state index in [1.54, 1.807) is 0 Å². The lowest BCUT2D eigenvalue weighted by Crippen LogP contribution is -2.17. The van der Waals surface area contributed by atoms with Crippen molar-refractivity contribution in [2.24, 2.45) is 0 Å². The van der Waals surface area contributed by atoms with Gasteiger partial charge in [0.15, 0.2) is 11.6 Å². The summed E-state index contributed by atoms with van der Waals surface area (Å²) in [6.07, 6.45) is 0. The van der Waals surface area contributed by atoms with Crippen LogP contribution in [-0.2, 0) is 5.41 Å². The van der Waals surface area contributed by atoms with E-state index in [1.165, 1.54) is 76.5 Å². The van der Waals surface area contributed by atoms with Crippen LogP contribution >= 0.6 is 0 Å². The van der Waals surface area contributed by atoms with E-state index in [0.29, 0.717) is 17.6 Å². The summed E-state index contributed by atoms with van der Waals surface area (Å²) in [7, 11) is 0. The highest BCUT2D eigenvalue weighted by atomic mass is 15.2. The summed E-state index contributed by atoms with van der Waals surface area (Å²) >= 11 is 0. The molecule has 0 radical (unpaired) electrons. The van der Waals surface area contributed by atoms with Crippen LogP contribution in [0.25, 0.3) is 116 Å². The summed E-state index contributed by atoms with van der Waals surface area (Å²) < 4.78 is 2.33. The van der Waals surface area contributed by atoms with Crippen LogP contribution in [0.1, 0.15) is 25.0 Å². The molecule has 1 aliphatic rings. The van der Waals surface area contributed by atoms with Crippen LogP contribution in [0.4, 0.5) is 0 Å². The Balaban J connectivity index is 1.07. The smallest absolute Gasteiger partial charge is 0.238 e. The van der Waals surface area contributed by atoms with E-state index in [1.807, 2.05) is 0 Å². The Labute approximate surface area is 370 Å². The van der Waals surface area contributed by atoms with Gasteiger partial charge in [-0.05, 0) is 82.9 Å². The first-order chi connectivity index (χ1) is 31.5. The highest BCUT2D eigenvalue weighted by molar-refractivity contribution is 6.26. The lowest BCUT2D eigenvalue weighted by molar-refractivity contribution is 0.663. The van der Waals surface area contributed by atoms with Gasteiger partial charge in [-0.3, -0.25) is 4.57 Å². The molecule has 64 heavy (non-hydrogen) atoms. The number of hydrogen-bond donors (Lipinski definition) is 0. The molecule has 0 bridgehead atoms. The van der Waals surface area contributed by atoms with Crippen LogP contribution in [0.2, 0.25) is 0 Å². The predicted molar refractivity (Wildman–Crippen MR) is 266 cm³/mol. The van der Waals surface area contributed by atoms with Gasteiger partial charge in [0.25, 0.3) is 0 Å². The van der Waals surface area contributed by atoms with Crippen molar-refractivity contribution < 1.29 is 0 Å². The highest BCUT2D eigenvalue weighted by Gasteiger charge is 2.40. The molecule has 10 aromatic carbocycles. The average molecular weight is 817 g/mol. The Kier molecular flexibility index (Phi) is 7.92. The Morgan fingerprint density at radius 3 is 1.44 bits per heavy atom. The number of nitrogens with zero attached hydrogens (tertiary/aromatic N) is 4. The third-order valence-electron chi connectivity index (χ3n) is 13.6. The standard InChI is InChI=1S/C60H40N4/c1-60(2)51-27-11-9-23-49(51)53-47-21-7-8-22-48(47)54-50-24-10-12-28-52(50)64(56(54)55(53)60)59-62-57(41-33-29-39(30-34-41)45-25-13-17-37-15-3-5-19-43(37)45)61-58(63-59)42-35-31-40(32-36-42)46-26-14-18-38-16-4-6-20-44(38)46/h3-36H,1-2H3. The topological polar surface area (TPSA) is 43.6 Å². The molecule has 0 spiro atoms. The Morgan fingerprint density at radius 1 is 0.375 bits per heavy atom. The van der Waals surface area contributed by atoms with Gasteiger partial charge < -0.3 is 0 Å². The largest absolute Gasteiger partial charge is 0.277 e. The molecule has 1 aliphatic carbocycles. The molecule has 4 nitrogen and oxygen atoms in total. The van der Waals surface area contributed by atoms with Gasteiger partial charge in [0.2, 0.25) is 5.95 Å². The summed E-state index contributed by atoms with van der Waals surface area (Å²) in [6, 6.07) is 74.1. The third-order valence-corrected chi connectivity index (χ3v) is 13.6. The maximum absolute atomic E-state index is 5.47. The van der Waals surface area contributed by atoms with E-state index >= 15 is 0 Å². The maximum Gasteiger partial charge on any atom is 0.238 e. The number of hydrogen-bond acceptors (Lipinski definition) is 3. The van der Waals surface area contributed by atoms with E-state index in [-0.39, 0.29) is 5.41 Å². The van der Waals surface area contributed by atoms with Gasteiger partial charge in [0, 0.05) is 27.3 Å². The van der Waals surface area contributed by atoms with E-state index in [4.69, 9.17) is 15.0 Å². The number of benzene rings is 10. The summed E-state index contributed by atoms with van der Waals surface area (Å²) in [6.45, 7) is 4.74. The Hall–Kier alpha value is -8.21. The van der Waals surface area contributed by atoms with Crippen LogP contribution < -0.4 is 0 Å². The fourth-order valence-corrected chi connectivity index (χ4v) is 10.7. The molecule has 0 atom stereocenters.